The van der Waals surface area contributed by atoms with E-state index in [9.17, 15) is 9.59 Å². The van der Waals surface area contributed by atoms with E-state index < -0.39 is 0 Å². The Morgan fingerprint density at radius 2 is 2.13 bits per heavy atom. The van der Waals surface area contributed by atoms with Gasteiger partial charge in [-0.2, -0.15) is 0 Å². The monoisotopic (exact) mass is 204 g/mol. The van der Waals surface area contributed by atoms with Crippen LogP contribution in [0.25, 0.3) is 0 Å². The predicted octanol–water partition coefficient (Wildman–Crippen LogP) is 0.458. The number of rotatable bonds is 1. The number of hydrogen-bond acceptors (Lipinski definition) is 2. The summed E-state index contributed by atoms with van der Waals surface area (Å²) in [5, 5.41) is 2.52. The maximum atomic E-state index is 11.6. The van der Waals surface area contributed by atoms with Crippen LogP contribution in [0.3, 0.4) is 0 Å². The first kappa shape index (κ1) is 9.71. The van der Waals surface area contributed by atoms with E-state index in [-0.39, 0.29) is 24.9 Å². The first-order valence-corrected chi connectivity index (χ1v) is 4.80. The minimum Gasteiger partial charge on any atom is -0.345 e. The molecule has 1 heterocycles. The van der Waals surface area contributed by atoms with Crippen LogP contribution in [0.4, 0.5) is 5.69 Å². The van der Waals surface area contributed by atoms with Crippen molar-refractivity contribution in [3.05, 3.63) is 29.8 Å². The zero-order chi connectivity index (χ0) is 10.8. The molecule has 1 aliphatic heterocycles. The Morgan fingerprint density at radius 3 is 2.87 bits per heavy atom. The summed E-state index contributed by atoms with van der Waals surface area (Å²) >= 11 is 0. The van der Waals surface area contributed by atoms with E-state index >= 15 is 0 Å². The molecule has 1 aromatic carbocycles. The smallest absolute Gasteiger partial charge is 0.246 e. The molecule has 1 saturated heterocycles. The van der Waals surface area contributed by atoms with Crippen molar-refractivity contribution in [2.24, 2.45) is 0 Å². The van der Waals surface area contributed by atoms with Gasteiger partial charge >= 0.3 is 0 Å². The average Bonchev–Trinajstić information content (AvgIpc) is 2.22. The molecule has 0 saturated carbocycles. The number of hydrogen-bond donors (Lipinski definition) is 1. The lowest BCUT2D eigenvalue weighted by molar-refractivity contribution is -0.128. The van der Waals surface area contributed by atoms with Gasteiger partial charge in [-0.1, -0.05) is 12.1 Å². The Bertz CT molecular complexity index is 415. The summed E-state index contributed by atoms with van der Waals surface area (Å²) in [5.74, 6) is -0.184. The van der Waals surface area contributed by atoms with Crippen LogP contribution in [0, 0.1) is 6.92 Å². The molecule has 1 N–H and O–H groups in total. The molecule has 4 nitrogen and oxygen atoms in total. The number of nitrogens with one attached hydrogen (secondary N) is 1. The molecule has 4 heteroatoms. The van der Waals surface area contributed by atoms with Crippen molar-refractivity contribution in [3.63, 3.8) is 0 Å². The third-order valence-corrected chi connectivity index (χ3v) is 2.35. The molecule has 0 spiro atoms. The van der Waals surface area contributed by atoms with Crippen molar-refractivity contribution >= 4 is 17.5 Å². The van der Waals surface area contributed by atoms with Crippen LogP contribution in [0.5, 0.6) is 0 Å². The Hall–Kier alpha value is -1.84. The normalized spacial score (nSPS) is 16.5. The molecule has 2 rings (SSSR count). The van der Waals surface area contributed by atoms with Crippen LogP contribution in [0.1, 0.15) is 5.56 Å². The third-order valence-electron chi connectivity index (χ3n) is 2.35. The number of anilines is 1. The maximum Gasteiger partial charge on any atom is 0.246 e. The zero-order valence-corrected chi connectivity index (χ0v) is 8.49. The van der Waals surface area contributed by atoms with Crippen molar-refractivity contribution in [2.75, 3.05) is 18.0 Å². The highest BCUT2D eigenvalue weighted by Crippen LogP contribution is 2.16. The second-order valence-corrected chi connectivity index (χ2v) is 3.60. The summed E-state index contributed by atoms with van der Waals surface area (Å²) in [5.41, 5.74) is 1.86. The predicted molar refractivity (Wildman–Crippen MR) is 56.5 cm³/mol. The van der Waals surface area contributed by atoms with Crippen molar-refractivity contribution in [2.45, 2.75) is 6.92 Å². The van der Waals surface area contributed by atoms with E-state index in [1.54, 1.807) is 0 Å². The van der Waals surface area contributed by atoms with Gasteiger partial charge in [0.2, 0.25) is 11.8 Å². The second-order valence-electron chi connectivity index (χ2n) is 3.60. The molecular formula is C11H12N2O2. The van der Waals surface area contributed by atoms with Crippen LogP contribution >= 0.6 is 0 Å². The van der Waals surface area contributed by atoms with Crippen molar-refractivity contribution in [1.29, 1.82) is 0 Å². The number of amides is 2. The molecule has 1 aliphatic rings. The molecule has 15 heavy (non-hydrogen) atoms. The first-order valence-electron chi connectivity index (χ1n) is 4.80. The number of aryl methyl sites for hydroxylation is 1. The molecule has 0 atom stereocenters. The van der Waals surface area contributed by atoms with Gasteiger partial charge in [-0.3, -0.25) is 9.59 Å². The Balaban J connectivity index is 2.28. The van der Waals surface area contributed by atoms with Gasteiger partial charge in [-0.15, -0.1) is 0 Å². The molecular weight excluding hydrogens is 192 g/mol. The zero-order valence-electron chi connectivity index (χ0n) is 8.49. The number of nitrogens with zero attached hydrogens (tertiary/aromatic N) is 1. The fourth-order valence-electron chi connectivity index (χ4n) is 1.59. The van der Waals surface area contributed by atoms with Crippen molar-refractivity contribution in [1.82, 2.24) is 5.32 Å². The minimum absolute atomic E-state index is 0.0693. The maximum absolute atomic E-state index is 11.6. The number of piperazine rings is 1. The molecule has 0 radical (unpaired) electrons. The van der Waals surface area contributed by atoms with Gasteiger partial charge in [-0.05, 0) is 24.6 Å². The van der Waals surface area contributed by atoms with Gasteiger partial charge in [0.25, 0.3) is 0 Å². The molecule has 1 fully saturated rings. The van der Waals surface area contributed by atoms with Gasteiger partial charge < -0.3 is 10.2 Å². The lowest BCUT2D eigenvalue weighted by Gasteiger charge is -2.26. The molecule has 0 aliphatic carbocycles. The van der Waals surface area contributed by atoms with Crippen molar-refractivity contribution in [3.8, 4) is 0 Å². The topological polar surface area (TPSA) is 49.4 Å². The summed E-state index contributed by atoms with van der Waals surface area (Å²) in [6, 6.07) is 7.57. The largest absolute Gasteiger partial charge is 0.345 e. The lowest BCUT2D eigenvalue weighted by atomic mass is 10.2. The quantitative estimate of drug-likeness (QED) is 0.722. The highest BCUT2D eigenvalue weighted by Gasteiger charge is 2.24. The summed E-state index contributed by atoms with van der Waals surface area (Å²) < 4.78 is 0. The van der Waals surface area contributed by atoms with E-state index in [2.05, 4.69) is 5.32 Å². The summed E-state index contributed by atoms with van der Waals surface area (Å²) in [4.78, 5) is 24.2. The summed E-state index contributed by atoms with van der Waals surface area (Å²) in [7, 11) is 0. The van der Waals surface area contributed by atoms with Crippen LogP contribution < -0.4 is 10.2 Å². The van der Waals surface area contributed by atoms with Gasteiger partial charge in [0, 0.05) is 5.69 Å². The van der Waals surface area contributed by atoms with Crippen LogP contribution in [0.2, 0.25) is 0 Å². The second kappa shape index (κ2) is 3.73. The standard InChI is InChI=1S/C11H12N2O2/c1-8-3-2-4-9(5-8)13-7-10(14)12-6-11(13)15/h2-5H,6-7H2,1H3,(H,12,14). The Kier molecular flexibility index (Phi) is 2.41. The fraction of sp³-hybridized carbons (Fsp3) is 0.273. The summed E-state index contributed by atoms with van der Waals surface area (Å²) in [6.07, 6.45) is 0. The molecule has 1 aromatic rings. The van der Waals surface area contributed by atoms with Gasteiger partial charge in [0.15, 0.2) is 0 Å². The molecule has 2 amide bonds. The Labute approximate surface area is 87.9 Å². The number of carbonyl (C=O) groups is 2. The minimum atomic E-state index is -0.115. The van der Waals surface area contributed by atoms with E-state index in [0.717, 1.165) is 11.3 Å². The number of carbonyl (C=O) groups excluding carboxylic acids is 2. The first-order chi connectivity index (χ1) is 7.16. The molecule has 0 bridgehead atoms. The van der Waals surface area contributed by atoms with Crippen LogP contribution in [-0.2, 0) is 9.59 Å². The Morgan fingerprint density at radius 1 is 1.33 bits per heavy atom. The third kappa shape index (κ3) is 1.98. The van der Waals surface area contributed by atoms with Gasteiger partial charge in [0.05, 0.1) is 6.54 Å². The number of benzene rings is 1. The van der Waals surface area contributed by atoms with E-state index in [1.807, 2.05) is 31.2 Å². The van der Waals surface area contributed by atoms with Gasteiger partial charge in [-0.25, -0.2) is 0 Å². The van der Waals surface area contributed by atoms with Crippen LogP contribution in [0.15, 0.2) is 24.3 Å². The molecule has 0 unspecified atom stereocenters. The fourth-order valence-corrected chi connectivity index (χ4v) is 1.59. The molecule has 78 valence electrons. The highest BCUT2D eigenvalue weighted by atomic mass is 16.2. The van der Waals surface area contributed by atoms with Crippen LogP contribution in [-0.4, -0.2) is 24.9 Å². The summed E-state index contributed by atoms with van der Waals surface area (Å²) in [6.45, 7) is 2.16. The average molecular weight is 204 g/mol. The molecule has 0 aromatic heterocycles. The van der Waals surface area contributed by atoms with Gasteiger partial charge in [0.1, 0.15) is 6.54 Å². The SMILES string of the molecule is Cc1cccc(N2CC(=O)NCC2=O)c1. The highest BCUT2D eigenvalue weighted by molar-refractivity contribution is 6.04. The lowest BCUT2D eigenvalue weighted by Crippen LogP contribution is -2.51. The van der Waals surface area contributed by atoms with E-state index in [0.29, 0.717) is 0 Å². The van der Waals surface area contributed by atoms with E-state index in [1.165, 1.54) is 4.90 Å². The van der Waals surface area contributed by atoms with E-state index in [4.69, 9.17) is 0 Å². The van der Waals surface area contributed by atoms with Crippen molar-refractivity contribution < 1.29 is 9.59 Å².